The number of benzene rings is 1. The maximum Gasteiger partial charge on any atom is 0.420 e. The second-order valence-corrected chi connectivity index (χ2v) is 7.03. The fourth-order valence-electron chi connectivity index (χ4n) is 2.68. The summed E-state index contributed by atoms with van der Waals surface area (Å²) in [6, 6.07) is 6.71. The van der Waals surface area contributed by atoms with Crippen molar-refractivity contribution in [2.45, 2.75) is 45.2 Å². The Morgan fingerprint density at radius 3 is 2.60 bits per heavy atom. The third-order valence-corrected chi connectivity index (χ3v) is 4.40. The van der Waals surface area contributed by atoms with Crippen LogP contribution in [0.15, 0.2) is 42.7 Å². The van der Waals surface area contributed by atoms with Gasteiger partial charge < -0.3 is 10.1 Å². The molecule has 5 nitrogen and oxygen atoms in total. The number of halogens is 3. The Bertz CT molecular complexity index is 845. The number of amides is 1. The van der Waals surface area contributed by atoms with Crippen LogP contribution in [0.2, 0.25) is 0 Å². The molecule has 0 atom stereocenters. The summed E-state index contributed by atoms with van der Waals surface area (Å²) in [4.78, 5) is 15.9. The zero-order valence-corrected chi connectivity index (χ0v) is 17.4. The molecule has 0 spiro atoms. The van der Waals surface area contributed by atoms with Crippen molar-refractivity contribution in [3.8, 4) is 5.75 Å². The Labute approximate surface area is 179 Å². The average Bonchev–Trinajstić information content (AvgIpc) is 2.71. The molecule has 162 valence electrons. The van der Waals surface area contributed by atoms with Crippen molar-refractivity contribution in [2.75, 3.05) is 11.9 Å². The van der Waals surface area contributed by atoms with Crippen LogP contribution in [-0.4, -0.2) is 22.6 Å². The maximum absolute atomic E-state index is 13.5. The smallest absolute Gasteiger partial charge is 0.420 e. The number of rotatable bonds is 9. The summed E-state index contributed by atoms with van der Waals surface area (Å²) in [5, 5.41) is 4.88. The van der Waals surface area contributed by atoms with E-state index in [0.717, 1.165) is 31.7 Å². The molecule has 0 aliphatic rings. The van der Waals surface area contributed by atoms with E-state index in [0.29, 0.717) is 6.42 Å². The van der Waals surface area contributed by atoms with E-state index in [1.807, 2.05) is 0 Å². The minimum absolute atomic E-state index is 0.0918. The topological polar surface area (TPSA) is 63.2 Å². The summed E-state index contributed by atoms with van der Waals surface area (Å²) in [5.74, 6) is -0.742. The first-order valence-corrected chi connectivity index (χ1v) is 10.1. The number of alkyl halides is 3. The van der Waals surface area contributed by atoms with E-state index >= 15 is 0 Å². The van der Waals surface area contributed by atoms with Crippen molar-refractivity contribution in [3.05, 3.63) is 53.9 Å². The SMILES string of the molecule is CCCCCCCOc1ccc(NC(=S)NC(=O)c2cccnc2)cc1C(F)(F)F. The molecule has 0 saturated heterocycles. The van der Waals surface area contributed by atoms with Gasteiger partial charge in [-0.05, 0) is 49.0 Å². The molecule has 0 radical (unpaired) electrons. The van der Waals surface area contributed by atoms with Crippen molar-refractivity contribution in [1.29, 1.82) is 0 Å². The summed E-state index contributed by atoms with van der Waals surface area (Å²) in [7, 11) is 0. The van der Waals surface area contributed by atoms with Crippen LogP contribution in [0, 0.1) is 0 Å². The molecule has 9 heteroatoms. The number of hydrogen-bond acceptors (Lipinski definition) is 4. The van der Waals surface area contributed by atoms with Gasteiger partial charge in [0.15, 0.2) is 5.11 Å². The van der Waals surface area contributed by atoms with Gasteiger partial charge in [0.2, 0.25) is 0 Å². The Morgan fingerprint density at radius 2 is 1.93 bits per heavy atom. The number of ether oxygens (including phenoxy) is 1. The minimum Gasteiger partial charge on any atom is -0.493 e. The van der Waals surface area contributed by atoms with E-state index in [1.54, 1.807) is 12.1 Å². The first kappa shape index (κ1) is 23.6. The zero-order valence-electron chi connectivity index (χ0n) is 16.6. The largest absolute Gasteiger partial charge is 0.493 e. The lowest BCUT2D eigenvalue weighted by molar-refractivity contribution is -0.138. The molecular weight excluding hydrogens is 415 g/mol. The van der Waals surface area contributed by atoms with E-state index in [9.17, 15) is 18.0 Å². The molecule has 30 heavy (non-hydrogen) atoms. The Hall–Kier alpha value is -2.68. The number of nitrogens with zero attached hydrogens (tertiary/aromatic N) is 1. The number of carbonyl (C=O) groups is 1. The van der Waals surface area contributed by atoms with Crippen molar-refractivity contribution in [3.63, 3.8) is 0 Å². The van der Waals surface area contributed by atoms with E-state index < -0.39 is 17.6 Å². The highest BCUT2D eigenvalue weighted by molar-refractivity contribution is 7.80. The molecule has 0 saturated carbocycles. The number of thiocarbonyl (C=S) groups is 1. The van der Waals surface area contributed by atoms with Gasteiger partial charge in [-0.15, -0.1) is 0 Å². The van der Waals surface area contributed by atoms with Crippen LogP contribution in [0.3, 0.4) is 0 Å². The molecule has 0 unspecified atom stereocenters. The molecule has 0 bridgehead atoms. The summed E-state index contributed by atoms with van der Waals surface area (Å²) in [6.07, 6.45) is 3.13. The van der Waals surface area contributed by atoms with Gasteiger partial charge in [0.25, 0.3) is 5.91 Å². The third kappa shape index (κ3) is 7.62. The van der Waals surface area contributed by atoms with Crippen molar-refractivity contribution in [1.82, 2.24) is 10.3 Å². The van der Waals surface area contributed by atoms with Crippen LogP contribution in [0.1, 0.15) is 54.9 Å². The first-order valence-electron chi connectivity index (χ1n) is 9.67. The van der Waals surface area contributed by atoms with Gasteiger partial charge in [0.05, 0.1) is 17.7 Å². The molecule has 1 amide bonds. The molecule has 1 heterocycles. The third-order valence-electron chi connectivity index (χ3n) is 4.20. The van der Waals surface area contributed by atoms with Crippen molar-refractivity contribution >= 4 is 28.9 Å². The number of nitrogens with one attached hydrogen (secondary N) is 2. The van der Waals surface area contributed by atoms with E-state index in [2.05, 4.69) is 22.5 Å². The summed E-state index contributed by atoms with van der Waals surface area (Å²) < 4.78 is 45.7. The molecule has 2 N–H and O–H groups in total. The monoisotopic (exact) mass is 439 g/mol. The lowest BCUT2D eigenvalue weighted by Crippen LogP contribution is -2.34. The van der Waals surface area contributed by atoms with Crippen molar-refractivity contribution in [2.24, 2.45) is 0 Å². The molecule has 0 fully saturated rings. The van der Waals surface area contributed by atoms with Crippen LogP contribution in [0.25, 0.3) is 0 Å². The lowest BCUT2D eigenvalue weighted by atomic mass is 10.1. The predicted molar refractivity (Wildman–Crippen MR) is 114 cm³/mol. The Morgan fingerprint density at radius 1 is 1.17 bits per heavy atom. The second-order valence-electron chi connectivity index (χ2n) is 6.62. The number of pyridine rings is 1. The van der Waals surface area contributed by atoms with Crippen LogP contribution >= 0.6 is 12.2 Å². The molecule has 0 aliphatic carbocycles. The standard InChI is InChI=1S/C21H24F3N3O2S/c1-2-3-4-5-6-12-29-18-10-9-16(13-17(18)21(22,23)24)26-20(30)27-19(28)15-8-7-11-25-14-15/h7-11,13-14H,2-6,12H2,1H3,(H2,26,27,28,30). The molecule has 2 rings (SSSR count). The van der Waals surface area contributed by atoms with Crippen LogP contribution in [-0.2, 0) is 6.18 Å². The van der Waals surface area contributed by atoms with Gasteiger partial charge in [-0.2, -0.15) is 13.2 Å². The summed E-state index contributed by atoms with van der Waals surface area (Å²) in [6.45, 7) is 2.32. The number of hydrogen-bond donors (Lipinski definition) is 2. The van der Waals surface area contributed by atoms with E-state index in [4.69, 9.17) is 17.0 Å². The second kappa shape index (κ2) is 11.5. The summed E-state index contributed by atoms with van der Waals surface area (Å²) >= 11 is 5.03. The lowest BCUT2D eigenvalue weighted by Gasteiger charge is -2.16. The normalized spacial score (nSPS) is 11.1. The minimum atomic E-state index is -4.59. The first-order chi connectivity index (χ1) is 14.3. The number of anilines is 1. The fraction of sp³-hybridized carbons (Fsp3) is 0.381. The van der Waals surface area contributed by atoms with E-state index in [-0.39, 0.29) is 28.7 Å². The van der Waals surface area contributed by atoms with Gasteiger partial charge in [-0.1, -0.05) is 32.6 Å². The maximum atomic E-state index is 13.5. The summed E-state index contributed by atoms with van der Waals surface area (Å²) in [5.41, 5.74) is -0.531. The van der Waals surface area contributed by atoms with Crippen molar-refractivity contribution < 1.29 is 22.7 Å². The highest BCUT2D eigenvalue weighted by Crippen LogP contribution is 2.38. The number of unbranched alkanes of at least 4 members (excludes halogenated alkanes) is 4. The Balaban J connectivity index is 1.99. The zero-order chi connectivity index (χ0) is 22.0. The molecule has 2 aromatic rings. The molecule has 0 aliphatic heterocycles. The van der Waals surface area contributed by atoms with Gasteiger partial charge in [-0.3, -0.25) is 15.1 Å². The van der Waals surface area contributed by atoms with Crippen LogP contribution in [0.4, 0.5) is 18.9 Å². The Kier molecular flexibility index (Phi) is 9.04. The average molecular weight is 440 g/mol. The predicted octanol–water partition coefficient (Wildman–Crippen LogP) is 5.58. The van der Waals surface area contributed by atoms with Gasteiger partial charge >= 0.3 is 6.18 Å². The van der Waals surface area contributed by atoms with E-state index in [1.165, 1.54) is 24.5 Å². The quantitative estimate of drug-likeness (QED) is 0.395. The van der Waals surface area contributed by atoms with Gasteiger partial charge in [0, 0.05) is 18.1 Å². The van der Waals surface area contributed by atoms with Crippen LogP contribution in [0.5, 0.6) is 5.75 Å². The van der Waals surface area contributed by atoms with Gasteiger partial charge in [-0.25, -0.2) is 0 Å². The van der Waals surface area contributed by atoms with Crippen LogP contribution < -0.4 is 15.4 Å². The molecule has 1 aromatic heterocycles. The molecular formula is C21H24F3N3O2S. The molecule has 1 aromatic carbocycles. The number of aromatic nitrogens is 1. The van der Waals surface area contributed by atoms with Gasteiger partial charge in [0.1, 0.15) is 5.75 Å². The number of carbonyl (C=O) groups excluding carboxylic acids is 1. The fourth-order valence-corrected chi connectivity index (χ4v) is 2.89. The highest BCUT2D eigenvalue weighted by Gasteiger charge is 2.34. The highest BCUT2D eigenvalue weighted by atomic mass is 32.1.